The summed E-state index contributed by atoms with van der Waals surface area (Å²) in [5, 5.41) is 7.88. The van der Waals surface area contributed by atoms with Gasteiger partial charge in [-0.05, 0) is 40.8 Å². The molecule has 164 valence electrons. The van der Waals surface area contributed by atoms with Crippen molar-refractivity contribution in [3.05, 3.63) is 20.9 Å². The van der Waals surface area contributed by atoms with Crippen LogP contribution in [0.2, 0.25) is 0 Å². The monoisotopic (exact) mass is 514 g/mol. The molecule has 3 unspecified atom stereocenters. The second kappa shape index (κ2) is 8.78. The van der Waals surface area contributed by atoms with Gasteiger partial charge in [-0.2, -0.15) is 0 Å². The van der Waals surface area contributed by atoms with E-state index in [4.69, 9.17) is 14.5 Å². The quantitative estimate of drug-likeness (QED) is 0.564. The zero-order valence-electron chi connectivity index (χ0n) is 17.0. The molecule has 5 aliphatic heterocycles. The molecule has 7 nitrogen and oxygen atoms in total. The van der Waals surface area contributed by atoms with E-state index in [1.165, 1.54) is 8.72 Å². The molecule has 0 saturated carbocycles. The maximum atomic E-state index is 13.4. The predicted molar refractivity (Wildman–Crippen MR) is 124 cm³/mol. The number of carbonyl (C=O) groups is 1. The van der Waals surface area contributed by atoms with Crippen LogP contribution in [0.25, 0.3) is 0 Å². The minimum absolute atomic E-state index is 0.0312. The van der Waals surface area contributed by atoms with Crippen molar-refractivity contribution in [2.75, 3.05) is 19.9 Å². The van der Waals surface area contributed by atoms with Crippen LogP contribution >= 0.6 is 39.5 Å². The summed E-state index contributed by atoms with van der Waals surface area (Å²) < 4.78 is 11.8. The summed E-state index contributed by atoms with van der Waals surface area (Å²) in [6, 6.07) is -0.0659. The average molecular weight is 515 g/mol. The molecule has 2 N–H and O–H groups in total. The molecule has 2 fully saturated rings. The zero-order valence-corrected chi connectivity index (χ0v) is 20.3. The van der Waals surface area contributed by atoms with Crippen molar-refractivity contribution in [2.45, 2.75) is 61.7 Å². The van der Waals surface area contributed by atoms with E-state index in [1.807, 2.05) is 42.3 Å². The highest BCUT2D eigenvalue weighted by Gasteiger charge is 2.42. The molecule has 0 bridgehead atoms. The summed E-state index contributed by atoms with van der Waals surface area (Å²) in [5.74, 6) is 1.21. The Labute approximate surface area is 194 Å². The third-order valence-electron chi connectivity index (χ3n) is 6.12. The smallest absolute Gasteiger partial charge is 0.240 e. The number of ether oxygens (including phenoxy) is 2. The van der Waals surface area contributed by atoms with Crippen LogP contribution < -0.4 is 10.6 Å². The fourth-order valence-corrected chi connectivity index (χ4v) is 8.27. The fourth-order valence-electron chi connectivity index (χ4n) is 4.49. The minimum atomic E-state index is -0.480. The van der Waals surface area contributed by atoms with Gasteiger partial charge in [-0.15, -0.1) is 23.5 Å². The molecule has 5 atom stereocenters. The highest BCUT2D eigenvalue weighted by molar-refractivity contribution is 9.14. The first kappa shape index (κ1) is 21.3. The van der Waals surface area contributed by atoms with Crippen LogP contribution in [0.1, 0.15) is 26.7 Å². The fraction of sp³-hybridized carbons (Fsp3) is 0.700. The Kier molecular flexibility index (Phi) is 6.25. The Morgan fingerprint density at radius 1 is 1.33 bits per heavy atom. The first-order valence-electron chi connectivity index (χ1n) is 10.5. The number of hydrogen-bond donors (Lipinski definition) is 2. The molecule has 30 heavy (non-hydrogen) atoms. The lowest BCUT2D eigenvalue weighted by molar-refractivity contribution is -0.335. The molecule has 10 heteroatoms. The van der Waals surface area contributed by atoms with Crippen molar-refractivity contribution < 1.29 is 14.3 Å². The first-order valence-corrected chi connectivity index (χ1v) is 13.1. The van der Waals surface area contributed by atoms with Crippen molar-refractivity contribution in [1.82, 2.24) is 15.5 Å². The van der Waals surface area contributed by atoms with Gasteiger partial charge in [0, 0.05) is 25.8 Å². The van der Waals surface area contributed by atoms with Crippen LogP contribution in [0.5, 0.6) is 0 Å². The summed E-state index contributed by atoms with van der Waals surface area (Å²) in [6.07, 6.45) is 6.16. The zero-order chi connectivity index (χ0) is 20.8. The summed E-state index contributed by atoms with van der Waals surface area (Å²) in [6.45, 7) is 5.89. The summed E-state index contributed by atoms with van der Waals surface area (Å²) in [5.41, 5.74) is 0. The number of nitrogens with zero attached hydrogens (tertiary/aromatic N) is 2. The Morgan fingerprint density at radius 3 is 2.83 bits per heavy atom. The first-order chi connectivity index (χ1) is 14.5. The third-order valence-corrected chi connectivity index (χ3v) is 9.57. The lowest BCUT2D eigenvalue weighted by atomic mass is 10.0. The Balaban J connectivity index is 1.22. The van der Waals surface area contributed by atoms with Crippen LogP contribution in [0.3, 0.4) is 0 Å². The van der Waals surface area contributed by atoms with Crippen molar-refractivity contribution in [3.63, 3.8) is 0 Å². The topological polar surface area (TPSA) is 75.2 Å². The van der Waals surface area contributed by atoms with Gasteiger partial charge in [0.25, 0.3) is 0 Å². The highest BCUT2D eigenvalue weighted by atomic mass is 79.9. The number of rotatable bonds is 6. The van der Waals surface area contributed by atoms with Crippen molar-refractivity contribution in [2.24, 2.45) is 10.9 Å². The summed E-state index contributed by atoms with van der Waals surface area (Å²) in [4.78, 5) is 21.6. The third kappa shape index (κ3) is 4.11. The molecule has 0 aromatic carbocycles. The SMILES string of the molecule is CC(C)[C@H](NC1OCO1)C(=O)N1CCC[C@H]1C1=NCC(C2=CC3SC(Br)=CC3S2)N1. The van der Waals surface area contributed by atoms with Crippen LogP contribution in [-0.2, 0) is 14.3 Å². The molecular weight excluding hydrogens is 488 g/mol. The normalized spacial score (nSPS) is 34.4. The second-order valence-electron chi connectivity index (χ2n) is 8.49. The summed E-state index contributed by atoms with van der Waals surface area (Å²) in [7, 11) is 0. The van der Waals surface area contributed by atoms with E-state index in [-0.39, 0.29) is 36.7 Å². The molecule has 5 heterocycles. The van der Waals surface area contributed by atoms with E-state index in [2.05, 4.69) is 38.7 Å². The van der Waals surface area contributed by atoms with Gasteiger partial charge >= 0.3 is 0 Å². The minimum Gasteiger partial charge on any atom is -0.363 e. The van der Waals surface area contributed by atoms with E-state index >= 15 is 0 Å². The molecular formula is C20H27BrN4O3S2. The second-order valence-corrected chi connectivity index (χ2v) is 12.3. The molecule has 0 spiro atoms. The molecule has 2 saturated heterocycles. The number of amides is 1. The standard InChI is InChI=1S/C20H27BrN4O3S2/c1-10(2)17(24-20-27-9-28-20)19(26)25-5-3-4-12(25)18-22-8-11(23-18)13-6-14-15(29-13)7-16(21)30-14/h6-7,10-12,14-15,17,20,24H,3-5,8-9H2,1-2H3,(H,22,23)/t11?,12-,14?,15?,17-/m0/s1. The average Bonchev–Trinajstić information content (AvgIpc) is 3.41. The van der Waals surface area contributed by atoms with E-state index in [1.54, 1.807) is 0 Å². The van der Waals surface area contributed by atoms with Gasteiger partial charge < -0.3 is 19.7 Å². The number of fused-ring (bicyclic) bond motifs is 1. The van der Waals surface area contributed by atoms with Gasteiger partial charge in [0.1, 0.15) is 5.84 Å². The van der Waals surface area contributed by atoms with Crippen molar-refractivity contribution >= 4 is 51.2 Å². The summed E-state index contributed by atoms with van der Waals surface area (Å²) >= 11 is 7.42. The van der Waals surface area contributed by atoms with Crippen LogP contribution in [-0.4, -0.2) is 71.6 Å². The van der Waals surface area contributed by atoms with Gasteiger partial charge in [0.2, 0.25) is 12.3 Å². The van der Waals surface area contributed by atoms with Crippen LogP contribution in [0, 0.1) is 5.92 Å². The van der Waals surface area contributed by atoms with E-state index in [0.717, 1.165) is 31.8 Å². The number of thioether (sulfide) groups is 2. The maximum Gasteiger partial charge on any atom is 0.240 e. The maximum absolute atomic E-state index is 13.4. The van der Waals surface area contributed by atoms with E-state index in [0.29, 0.717) is 10.5 Å². The van der Waals surface area contributed by atoms with Gasteiger partial charge in [-0.25, -0.2) is 0 Å². The molecule has 0 radical (unpaired) electrons. The van der Waals surface area contributed by atoms with E-state index < -0.39 is 6.41 Å². The molecule has 0 aromatic heterocycles. The molecule has 1 amide bonds. The van der Waals surface area contributed by atoms with Crippen LogP contribution in [0.4, 0.5) is 0 Å². The number of aliphatic imine (C=N–C) groups is 1. The highest BCUT2D eigenvalue weighted by Crippen LogP contribution is 2.50. The van der Waals surface area contributed by atoms with Crippen molar-refractivity contribution in [3.8, 4) is 0 Å². The molecule has 5 aliphatic rings. The number of nitrogens with one attached hydrogen (secondary N) is 2. The molecule has 0 aliphatic carbocycles. The van der Waals surface area contributed by atoms with Gasteiger partial charge in [-0.1, -0.05) is 19.9 Å². The van der Waals surface area contributed by atoms with Crippen molar-refractivity contribution in [1.29, 1.82) is 0 Å². The lowest BCUT2D eigenvalue weighted by Crippen LogP contribution is -2.58. The Bertz CT molecular complexity index is 801. The largest absolute Gasteiger partial charge is 0.363 e. The number of likely N-dealkylation sites (tertiary alicyclic amines) is 1. The van der Waals surface area contributed by atoms with Gasteiger partial charge in [-0.3, -0.25) is 15.1 Å². The lowest BCUT2D eigenvalue weighted by Gasteiger charge is -2.36. The molecule has 5 rings (SSSR count). The number of amidine groups is 1. The van der Waals surface area contributed by atoms with Gasteiger partial charge in [0.15, 0.2) is 6.79 Å². The number of halogens is 1. The van der Waals surface area contributed by atoms with Crippen LogP contribution in [0.15, 0.2) is 25.9 Å². The number of carbonyl (C=O) groups excluding carboxylic acids is 1. The predicted octanol–water partition coefficient (Wildman–Crippen LogP) is 2.60. The Morgan fingerprint density at radius 2 is 2.13 bits per heavy atom. The Hall–Kier alpha value is -0.520. The van der Waals surface area contributed by atoms with Gasteiger partial charge in [0.05, 0.1) is 24.7 Å². The number of hydrogen-bond acceptors (Lipinski definition) is 8. The van der Waals surface area contributed by atoms with E-state index in [9.17, 15) is 4.79 Å². The molecule has 0 aromatic rings.